The first-order valence-corrected chi connectivity index (χ1v) is 8.83. The zero-order valence-electron chi connectivity index (χ0n) is 15.5. The molecule has 0 aliphatic rings. The first kappa shape index (κ1) is 18.9. The highest BCUT2D eigenvalue weighted by Crippen LogP contribution is 2.16. The average Bonchev–Trinajstić information content (AvgIpc) is 2.74. The number of hydrogen-bond acceptors (Lipinski definition) is 5. The predicted octanol–water partition coefficient (Wildman–Crippen LogP) is 3.87. The van der Waals surface area contributed by atoms with E-state index >= 15 is 0 Å². The third kappa shape index (κ3) is 4.86. The molecule has 0 fully saturated rings. The lowest BCUT2D eigenvalue weighted by molar-refractivity contribution is 0.102. The second-order valence-corrected chi connectivity index (χ2v) is 6.07. The van der Waals surface area contributed by atoms with Gasteiger partial charge < -0.3 is 15.4 Å². The van der Waals surface area contributed by atoms with Gasteiger partial charge in [0.05, 0.1) is 18.4 Å². The number of anilines is 2. The summed E-state index contributed by atoms with van der Waals surface area (Å²) in [5.74, 6) is 0.470. The van der Waals surface area contributed by atoms with Crippen LogP contribution in [0.25, 0.3) is 0 Å². The van der Waals surface area contributed by atoms with Crippen molar-refractivity contribution in [3.8, 4) is 11.8 Å². The summed E-state index contributed by atoms with van der Waals surface area (Å²) in [5.41, 5.74) is 3.11. The van der Waals surface area contributed by atoms with Crippen molar-refractivity contribution in [3.05, 3.63) is 83.7 Å². The molecule has 0 saturated heterocycles. The summed E-state index contributed by atoms with van der Waals surface area (Å²) in [6.45, 7) is 0.704. The zero-order chi connectivity index (χ0) is 19.8. The molecule has 0 spiro atoms. The Labute approximate surface area is 163 Å². The SMILES string of the molecule is COc1cccc(CCNc2ccnc(C(=O)Nc3ccccc3C#N)c2)c1. The van der Waals surface area contributed by atoms with E-state index in [4.69, 9.17) is 10.00 Å². The fourth-order valence-corrected chi connectivity index (χ4v) is 2.72. The number of ether oxygens (including phenoxy) is 1. The second-order valence-electron chi connectivity index (χ2n) is 6.07. The molecule has 0 saturated carbocycles. The first-order chi connectivity index (χ1) is 13.7. The van der Waals surface area contributed by atoms with Crippen LogP contribution in [0.2, 0.25) is 0 Å². The number of carbonyl (C=O) groups is 1. The molecule has 0 aliphatic carbocycles. The number of rotatable bonds is 7. The summed E-state index contributed by atoms with van der Waals surface area (Å²) < 4.78 is 5.23. The van der Waals surface area contributed by atoms with Crippen molar-refractivity contribution in [2.24, 2.45) is 0 Å². The van der Waals surface area contributed by atoms with E-state index in [1.165, 1.54) is 0 Å². The van der Waals surface area contributed by atoms with E-state index in [0.29, 0.717) is 17.8 Å². The van der Waals surface area contributed by atoms with E-state index in [0.717, 1.165) is 23.4 Å². The average molecular weight is 372 g/mol. The number of carbonyl (C=O) groups excluding carboxylic acids is 1. The molecule has 0 radical (unpaired) electrons. The van der Waals surface area contributed by atoms with E-state index in [-0.39, 0.29) is 11.6 Å². The summed E-state index contributed by atoms with van der Waals surface area (Å²) in [6, 6.07) is 20.3. The quantitative estimate of drug-likeness (QED) is 0.657. The maximum absolute atomic E-state index is 12.5. The number of nitriles is 1. The molecule has 6 heteroatoms. The van der Waals surface area contributed by atoms with Crippen LogP contribution in [0.3, 0.4) is 0 Å². The molecular weight excluding hydrogens is 352 g/mol. The van der Waals surface area contributed by atoms with Gasteiger partial charge in [-0.3, -0.25) is 9.78 Å². The number of hydrogen-bond donors (Lipinski definition) is 2. The number of benzene rings is 2. The lowest BCUT2D eigenvalue weighted by Gasteiger charge is -2.10. The number of nitrogens with zero attached hydrogens (tertiary/aromatic N) is 2. The maximum atomic E-state index is 12.5. The Morgan fingerprint density at radius 3 is 2.82 bits per heavy atom. The van der Waals surface area contributed by atoms with Crippen LogP contribution in [-0.2, 0) is 6.42 Å². The molecule has 28 heavy (non-hydrogen) atoms. The van der Waals surface area contributed by atoms with Gasteiger partial charge in [0.2, 0.25) is 0 Å². The van der Waals surface area contributed by atoms with Crippen LogP contribution < -0.4 is 15.4 Å². The molecule has 3 aromatic rings. The van der Waals surface area contributed by atoms with Crippen LogP contribution in [0.5, 0.6) is 5.75 Å². The highest BCUT2D eigenvalue weighted by molar-refractivity contribution is 6.04. The van der Waals surface area contributed by atoms with Crippen molar-refractivity contribution in [1.29, 1.82) is 5.26 Å². The fraction of sp³-hybridized carbons (Fsp3) is 0.136. The molecule has 0 bridgehead atoms. The topological polar surface area (TPSA) is 87.0 Å². The Balaban J connectivity index is 1.61. The Morgan fingerprint density at radius 2 is 2.00 bits per heavy atom. The summed E-state index contributed by atoms with van der Waals surface area (Å²) in [5, 5.41) is 15.2. The number of para-hydroxylation sites is 1. The van der Waals surface area contributed by atoms with Crippen molar-refractivity contribution < 1.29 is 9.53 Å². The van der Waals surface area contributed by atoms with Gasteiger partial charge in [-0.2, -0.15) is 5.26 Å². The Bertz CT molecular complexity index is 1010. The minimum Gasteiger partial charge on any atom is -0.497 e. The van der Waals surface area contributed by atoms with Crippen molar-refractivity contribution in [3.63, 3.8) is 0 Å². The molecule has 0 aliphatic heterocycles. The molecule has 1 amide bonds. The van der Waals surface area contributed by atoms with Crippen LogP contribution in [-0.4, -0.2) is 24.5 Å². The van der Waals surface area contributed by atoms with E-state index in [9.17, 15) is 4.79 Å². The highest BCUT2D eigenvalue weighted by Gasteiger charge is 2.10. The van der Waals surface area contributed by atoms with E-state index < -0.39 is 0 Å². The molecule has 6 nitrogen and oxygen atoms in total. The zero-order valence-corrected chi connectivity index (χ0v) is 15.5. The fourth-order valence-electron chi connectivity index (χ4n) is 2.72. The van der Waals surface area contributed by atoms with Crippen molar-refractivity contribution >= 4 is 17.3 Å². The second kappa shape index (κ2) is 9.19. The van der Waals surface area contributed by atoms with Crippen LogP contribution in [0.15, 0.2) is 66.9 Å². The number of aromatic nitrogens is 1. The minimum absolute atomic E-state index is 0.277. The normalized spacial score (nSPS) is 10.0. The van der Waals surface area contributed by atoms with Crippen LogP contribution in [0.4, 0.5) is 11.4 Å². The van der Waals surface area contributed by atoms with Crippen molar-refractivity contribution in [2.45, 2.75) is 6.42 Å². The Morgan fingerprint density at radius 1 is 1.14 bits per heavy atom. The number of pyridine rings is 1. The standard InChI is InChI=1S/C22H20N4O2/c1-28-19-7-4-5-16(13-19)9-11-24-18-10-12-25-21(14-18)22(27)26-20-8-3-2-6-17(20)15-23/h2-8,10,12-14H,9,11H2,1H3,(H,24,25)(H,26,27). The third-order valence-electron chi connectivity index (χ3n) is 4.17. The molecule has 2 N–H and O–H groups in total. The molecule has 140 valence electrons. The number of nitrogens with one attached hydrogen (secondary N) is 2. The number of methoxy groups -OCH3 is 1. The highest BCUT2D eigenvalue weighted by atomic mass is 16.5. The minimum atomic E-state index is -0.362. The lowest BCUT2D eigenvalue weighted by Crippen LogP contribution is -2.15. The van der Waals surface area contributed by atoms with Gasteiger partial charge in [0.25, 0.3) is 5.91 Å². The van der Waals surface area contributed by atoms with Crippen molar-refractivity contribution in [1.82, 2.24) is 4.98 Å². The van der Waals surface area contributed by atoms with Gasteiger partial charge >= 0.3 is 0 Å². The molecule has 3 rings (SSSR count). The maximum Gasteiger partial charge on any atom is 0.274 e. The van der Waals surface area contributed by atoms with Gasteiger partial charge in [0, 0.05) is 18.4 Å². The molecule has 0 unspecified atom stereocenters. The van der Waals surface area contributed by atoms with Crippen LogP contribution in [0.1, 0.15) is 21.6 Å². The van der Waals surface area contributed by atoms with Gasteiger partial charge in [-0.15, -0.1) is 0 Å². The third-order valence-corrected chi connectivity index (χ3v) is 4.17. The molecule has 0 atom stereocenters. The van der Waals surface area contributed by atoms with Gasteiger partial charge in [-0.1, -0.05) is 24.3 Å². The Hall–Kier alpha value is -3.85. The molecule has 2 aromatic carbocycles. The summed E-state index contributed by atoms with van der Waals surface area (Å²) in [7, 11) is 1.65. The molecular formula is C22H20N4O2. The van der Waals surface area contributed by atoms with Crippen LogP contribution in [0, 0.1) is 11.3 Å². The van der Waals surface area contributed by atoms with Gasteiger partial charge in [-0.25, -0.2) is 0 Å². The lowest BCUT2D eigenvalue weighted by atomic mass is 10.1. The van der Waals surface area contributed by atoms with Gasteiger partial charge in [0.15, 0.2) is 0 Å². The van der Waals surface area contributed by atoms with E-state index in [1.54, 1.807) is 43.6 Å². The van der Waals surface area contributed by atoms with E-state index in [2.05, 4.69) is 21.7 Å². The van der Waals surface area contributed by atoms with Gasteiger partial charge in [-0.05, 0) is 48.4 Å². The largest absolute Gasteiger partial charge is 0.497 e. The van der Waals surface area contributed by atoms with Gasteiger partial charge in [0.1, 0.15) is 17.5 Å². The Kier molecular flexibility index (Phi) is 6.21. The molecule has 1 aromatic heterocycles. The predicted molar refractivity (Wildman–Crippen MR) is 109 cm³/mol. The monoisotopic (exact) mass is 372 g/mol. The molecule has 1 heterocycles. The smallest absolute Gasteiger partial charge is 0.274 e. The van der Waals surface area contributed by atoms with E-state index in [1.807, 2.05) is 30.3 Å². The summed E-state index contributed by atoms with van der Waals surface area (Å²) >= 11 is 0. The summed E-state index contributed by atoms with van der Waals surface area (Å²) in [6.07, 6.45) is 2.40. The number of amides is 1. The first-order valence-electron chi connectivity index (χ1n) is 8.83. The summed E-state index contributed by atoms with van der Waals surface area (Å²) in [4.78, 5) is 16.6. The van der Waals surface area contributed by atoms with Crippen molar-refractivity contribution in [2.75, 3.05) is 24.3 Å². The van der Waals surface area contributed by atoms with Crippen LogP contribution >= 0.6 is 0 Å².